The first kappa shape index (κ1) is 25.1. The maximum Gasteiger partial charge on any atom is 0.319 e. The third-order valence-electron chi connectivity index (χ3n) is 7.14. The number of fused-ring (bicyclic) bond motifs is 3. The van der Waals surface area contributed by atoms with Gasteiger partial charge in [0.1, 0.15) is 22.9 Å². The number of amides is 3. The Kier molecular flexibility index (Phi) is 5.80. The third kappa shape index (κ3) is 3.27. The van der Waals surface area contributed by atoms with Crippen molar-refractivity contribution in [1.29, 1.82) is 0 Å². The van der Waals surface area contributed by atoms with E-state index in [-0.39, 0.29) is 18.4 Å². The number of halogens is 1. The molecule has 1 aromatic carbocycles. The molecule has 0 unspecified atom stereocenters. The minimum Gasteiger partial charge on any atom is -0.510 e. The Morgan fingerprint density at radius 2 is 1.86 bits per heavy atom. The smallest absolute Gasteiger partial charge is 0.319 e. The van der Waals surface area contributed by atoms with Gasteiger partial charge in [0.05, 0.1) is 17.3 Å². The Hall–Kier alpha value is -3.97. The molecule has 192 valence electrons. The van der Waals surface area contributed by atoms with Crippen molar-refractivity contribution in [2.45, 2.75) is 24.5 Å². The van der Waals surface area contributed by atoms with Crippen LogP contribution in [0.15, 0.2) is 28.7 Å². The molecule has 0 heterocycles. The van der Waals surface area contributed by atoms with E-state index in [1.807, 2.05) is 0 Å². The average molecular weight is 504 g/mol. The molecule has 0 aromatic heterocycles. The molecule has 3 amide bonds. The first-order chi connectivity index (χ1) is 16.8. The van der Waals surface area contributed by atoms with E-state index in [4.69, 9.17) is 5.73 Å². The summed E-state index contributed by atoms with van der Waals surface area (Å²) >= 11 is 0. The predicted molar refractivity (Wildman–Crippen MR) is 122 cm³/mol. The normalized spacial score (nSPS) is 27.4. The Morgan fingerprint density at radius 3 is 2.42 bits per heavy atom. The number of aromatic hydroxyl groups is 1. The first-order valence-electron chi connectivity index (χ1n) is 10.9. The summed E-state index contributed by atoms with van der Waals surface area (Å²) < 4.78 is 15.0. The van der Waals surface area contributed by atoms with Crippen molar-refractivity contribution in [2.75, 3.05) is 26.5 Å². The number of primary amides is 1. The molecule has 0 saturated heterocycles. The van der Waals surface area contributed by atoms with Gasteiger partial charge in [-0.05, 0) is 32.9 Å². The molecule has 0 saturated carbocycles. The van der Waals surface area contributed by atoms with Crippen molar-refractivity contribution in [1.82, 2.24) is 10.2 Å². The first-order valence-corrected chi connectivity index (χ1v) is 10.9. The molecule has 0 fully saturated rings. The number of hydrogen-bond donors (Lipinski definition) is 7. The van der Waals surface area contributed by atoms with E-state index < -0.39 is 92.5 Å². The largest absolute Gasteiger partial charge is 0.510 e. The Bertz CT molecular complexity index is 1300. The van der Waals surface area contributed by atoms with Gasteiger partial charge in [-0.1, -0.05) is 0 Å². The lowest BCUT2D eigenvalue weighted by Crippen LogP contribution is -2.63. The highest BCUT2D eigenvalue weighted by Gasteiger charge is 2.63. The Morgan fingerprint density at radius 1 is 1.22 bits per heavy atom. The van der Waals surface area contributed by atoms with Gasteiger partial charge in [0.25, 0.3) is 5.91 Å². The molecule has 36 heavy (non-hydrogen) atoms. The van der Waals surface area contributed by atoms with Crippen molar-refractivity contribution in [3.63, 3.8) is 0 Å². The van der Waals surface area contributed by atoms with Crippen LogP contribution in [-0.2, 0) is 16.0 Å². The van der Waals surface area contributed by atoms with Crippen LogP contribution in [0.4, 0.5) is 14.9 Å². The summed E-state index contributed by atoms with van der Waals surface area (Å²) in [5, 5.41) is 48.5. The van der Waals surface area contributed by atoms with Crippen LogP contribution >= 0.6 is 0 Å². The van der Waals surface area contributed by atoms with E-state index in [2.05, 4.69) is 10.6 Å². The van der Waals surface area contributed by atoms with Gasteiger partial charge in [-0.25, -0.2) is 9.18 Å². The molecule has 0 aliphatic heterocycles. The summed E-state index contributed by atoms with van der Waals surface area (Å²) in [6.07, 6.45) is -0.363. The molecule has 0 radical (unpaired) electrons. The average Bonchev–Trinajstić information content (AvgIpc) is 2.79. The zero-order valence-electron chi connectivity index (χ0n) is 19.5. The van der Waals surface area contributed by atoms with Crippen molar-refractivity contribution in [3.8, 4) is 5.75 Å². The lowest BCUT2D eigenvalue weighted by atomic mass is 9.58. The lowest BCUT2D eigenvalue weighted by molar-refractivity contribution is -0.148. The summed E-state index contributed by atoms with van der Waals surface area (Å²) in [5.74, 6) is -9.29. The number of urea groups is 1. The summed E-state index contributed by atoms with van der Waals surface area (Å²) in [5.41, 5.74) is 0.0118. The van der Waals surface area contributed by atoms with Crippen LogP contribution in [0.5, 0.6) is 5.75 Å². The molecule has 1 aromatic rings. The topological polar surface area (TPSA) is 203 Å². The number of carbonyl (C=O) groups is 4. The Balaban J connectivity index is 1.93. The van der Waals surface area contributed by atoms with E-state index in [1.54, 1.807) is 0 Å². The highest BCUT2D eigenvalue weighted by Crippen LogP contribution is 2.53. The minimum absolute atomic E-state index is 0.162. The number of hydrogen-bond acceptors (Lipinski definition) is 9. The summed E-state index contributed by atoms with van der Waals surface area (Å²) in [6.45, 7) is 0. The van der Waals surface area contributed by atoms with Crippen molar-refractivity contribution >= 4 is 29.2 Å². The zero-order chi connectivity index (χ0) is 26.9. The number of phenols is 1. The monoisotopic (exact) mass is 504 g/mol. The van der Waals surface area contributed by atoms with Crippen LogP contribution in [0.1, 0.15) is 22.3 Å². The number of nitrogens with one attached hydrogen (secondary N) is 2. The fourth-order valence-electron chi connectivity index (χ4n) is 5.55. The minimum atomic E-state index is -2.79. The van der Waals surface area contributed by atoms with E-state index in [0.717, 1.165) is 6.07 Å². The number of benzene rings is 1. The maximum atomic E-state index is 15.0. The number of ketones is 2. The van der Waals surface area contributed by atoms with Crippen LogP contribution < -0.4 is 16.4 Å². The third-order valence-corrected chi connectivity index (χ3v) is 7.14. The number of nitrogens with zero attached hydrogens (tertiary/aromatic N) is 1. The second kappa shape index (κ2) is 8.31. The van der Waals surface area contributed by atoms with Crippen LogP contribution in [0.2, 0.25) is 0 Å². The van der Waals surface area contributed by atoms with E-state index in [1.165, 1.54) is 26.0 Å². The maximum absolute atomic E-state index is 15.0. The second-order valence-corrected chi connectivity index (χ2v) is 9.28. The number of carbonyl (C=O) groups excluding carboxylic acids is 4. The van der Waals surface area contributed by atoms with E-state index in [9.17, 15) is 39.6 Å². The fraction of sp³-hybridized carbons (Fsp3) is 0.391. The van der Waals surface area contributed by atoms with Gasteiger partial charge in [-0.15, -0.1) is 0 Å². The van der Waals surface area contributed by atoms with Crippen molar-refractivity contribution in [3.05, 3.63) is 45.7 Å². The van der Waals surface area contributed by atoms with Gasteiger partial charge in [0, 0.05) is 30.2 Å². The molecule has 4 rings (SSSR count). The summed E-state index contributed by atoms with van der Waals surface area (Å²) in [4.78, 5) is 51.8. The molecule has 0 bridgehead atoms. The van der Waals surface area contributed by atoms with Gasteiger partial charge in [-0.2, -0.15) is 0 Å². The SMILES string of the molecule is CNC(=O)Nc1cc(F)c2c(c1O)C(=O)C1=C(O)[C@]3(O)C(=O)C(C(N)=O)=C(O)[C@@H](N(C)C)[C@@H]3C[C@@H]1C2. The number of aliphatic hydroxyl groups is 3. The molecular formula is C23H25FN4O8. The zero-order valence-corrected chi connectivity index (χ0v) is 19.5. The van der Waals surface area contributed by atoms with Gasteiger partial charge in [-0.3, -0.25) is 19.3 Å². The van der Waals surface area contributed by atoms with Gasteiger partial charge in [0.2, 0.25) is 5.78 Å². The highest BCUT2D eigenvalue weighted by atomic mass is 19.1. The number of anilines is 1. The van der Waals surface area contributed by atoms with E-state index in [0.29, 0.717) is 0 Å². The summed E-state index contributed by atoms with van der Waals surface area (Å²) in [7, 11) is 4.30. The number of likely N-dealkylation sites (N-methyl/N-ethyl adjacent to an activating group) is 1. The highest BCUT2D eigenvalue weighted by molar-refractivity contribution is 6.25. The van der Waals surface area contributed by atoms with Crippen LogP contribution in [0.25, 0.3) is 0 Å². The van der Waals surface area contributed by atoms with Gasteiger partial charge < -0.3 is 36.8 Å². The molecule has 4 atom stereocenters. The number of phenolic OH excluding ortho intramolecular Hbond substituents is 1. The van der Waals surface area contributed by atoms with Gasteiger partial charge in [0.15, 0.2) is 17.1 Å². The summed E-state index contributed by atoms with van der Waals surface area (Å²) in [6, 6.07) is -1.09. The molecule has 3 aliphatic carbocycles. The number of rotatable bonds is 3. The fourth-order valence-corrected chi connectivity index (χ4v) is 5.55. The standard InChI is InChI=1S/C23H25FN4O8/c1-26-22(35)27-11-6-10(24)8-4-7-5-9-15(28(2)3)18(31)14(21(25)34)20(33)23(9,36)19(32)12(7)17(30)13(8)16(11)29/h6-7,9,15,29,31-32,36H,4-5H2,1-3H3,(H2,25,34)(H2,26,27,35)/t7-,9-,15-,23-/m0/s1. The number of allylic oxidation sites excluding steroid dienone is 1. The quantitative estimate of drug-likeness (QED) is 0.219. The van der Waals surface area contributed by atoms with Gasteiger partial charge >= 0.3 is 6.03 Å². The predicted octanol–water partition coefficient (Wildman–Crippen LogP) is 0.0110. The van der Waals surface area contributed by atoms with Crippen molar-refractivity contribution < 1.29 is 44.0 Å². The lowest BCUT2D eigenvalue weighted by Gasteiger charge is -2.50. The number of Topliss-reactive ketones (excluding diaryl/α,β-unsaturated/α-hetero) is 2. The molecule has 0 spiro atoms. The molecule has 3 aliphatic rings. The second-order valence-electron chi connectivity index (χ2n) is 9.28. The molecular weight excluding hydrogens is 479 g/mol. The molecule has 8 N–H and O–H groups in total. The number of nitrogens with two attached hydrogens (primary N) is 1. The van der Waals surface area contributed by atoms with Crippen LogP contribution in [0, 0.1) is 17.7 Å². The van der Waals surface area contributed by atoms with E-state index >= 15 is 4.39 Å². The molecule has 12 nitrogen and oxygen atoms in total. The van der Waals surface area contributed by atoms with Crippen LogP contribution in [-0.4, -0.2) is 81.6 Å². The number of aliphatic hydroxyl groups excluding tert-OH is 2. The Labute approximate surface area is 203 Å². The molecule has 13 heteroatoms. The van der Waals surface area contributed by atoms with Crippen LogP contribution in [0.3, 0.4) is 0 Å². The van der Waals surface area contributed by atoms with Crippen molar-refractivity contribution in [2.24, 2.45) is 17.6 Å².